The lowest BCUT2D eigenvalue weighted by Gasteiger charge is -2.04. The summed E-state index contributed by atoms with van der Waals surface area (Å²) in [5, 5.41) is 1.79. The van der Waals surface area contributed by atoms with Gasteiger partial charge in [0.15, 0.2) is 6.61 Å². The Kier molecular flexibility index (Phi) is 3.79. The quantitative estimate of drug-likeness (QED) is 0.712. The van der Waals surface area contributed by atoms with Crippen LogP contribution in [0.1, 0.15) is 5.56 Å². The Hall–Kier alpha value is -1.91. The zero-order valence-corrected chi connectivity index (χ0v) is 8.57. The number of aryl methyl sites for hydroxylation is 1. The number of esters is 1. The van der Waals surface area contributed by atoms with Gasteiger partial charge in [0, 0.05) is 15.6 Å². The van der Waals surface area contributed by atoms with Crippen molar-refractivity contribution in [3.05, 3.63) is 28.7 Å². The van der Waals surface area contributed by atoms with E-state index >= 15 is 0 Å². The SMILES string of the molecule is COC(=O)COc1ccc(C)c([NH+]=O)c1. The molecule has 0 unspecified atom stereocenters. The maximum Gasteiger partial charge on any atom is 0.343 e. The maximum atomic E-state index is 10.8. The lowest BCUT2D eigenvalue weighted by molar-refractivity contribution is -0.380. The molecule has 5 nitrogen and oxygen atoms in total. The van der Waals surface area contributed by atoms with E-state index in [1.54, 1.807) is 24.2 Å². The molecule has 0 atom stereocenters. The number of nitroso groups, excluding NO2 is 1. The number of hydrogen-bond acceptors (Lipinski definition) is 4. The van der Waals surface area contributed by atoms with E-state index in [0.717, 1.165) is 5.56 Å². The number of methoxy groups -OCH3 is 1. The van der Waals surface area contributed by atoms with Gasteiger partial charge in [0.2, 0.25) is 0 Å². The second kappa shape index (κ2) is 5.09. The predicted molar refractivity (Wildman–Crippen MR) is 52.7 cm³/mol. The van der Waals surface area contributed by atoms with Crippen molar-refractivity contribution in [1.29, 1.82) is 0 Å². The van der Waals surface area contributed by atoms with E-state index in [-0.39, 0.29) is 6.61 Å². The van der Waals surface area contributed by atoms with Gasteiger partial charge in [-0.2, -0.15) is 0 Å². The van der Waals surface area contributed by atoms with Gasteiger partial charge in [-0.1, -0.05) is 0 Å². The van der Waals surface area contributed by atoms with Gasteiger partial charge in [-0.05, 0) is 19.1 Å². The molecule has 0 aliphatic rings. The van der Waals surface area contributed by atoms with Gasteiger partial charge in [-0.3, -0.25) is 0 Å². The molecule has 0 heterocycles. The van der Waals surface area contributed by atoms with Gasteiger partial charge in [-0.25, -0.2) is 4.79 Å². The summed E-state index contributed by atoms with van der Waals surface area (Å²) in [5.74, 6) is -0.0171. The summed E-state index contributed by atoms with van der Waals surface area (Å²) in [7, 11) is 1.28. The summed E-state index contributed by atoms with van der Waals surface area (Å²) in [4.78, 5) is 21.3. The summed E-state index contributed by atoms with van der Waals surface area (Å²) in [6.45, 7) is 1.63. The normalized spacial score (nSPS) is 9.47. The van der Waals surface area contributed by atoms with Crippen LogP contribution in [0.25, 0.3) is 0 Å². The molecule has 0 bridgehead atoms. The third-order valence-corrected chi connectivity index (χ3v) is 1.90. The molecule has 15 heavy (non-hydrogen) atoms. The van der Waals surface area contributed by atoms with E-state index in [0.29, 0.717) is 11.4 Å². The Morgan fingerprint density at radius 2 is 2.20 bits per heavy atom. The Balaban J connectivity index is 2.70. The highest BCUT2D eigenvalue weighted by atomic mass is 16.6. The monoisotopic (exact) mass is 210 g/mol. The van der Waals surface area contributed by atoms with Gasteiger partial charge < -0.3 is 9.47 Å². The molecule has 80 valence electrons. The third kappa shape index (κ3) is 3.05. The van der Waals surface area contributed by atoms with Gasteiger partial charge >= 0.3 is 5.97 Å². The average Bonchev–Trinajstić information content (AvgIpc) is 2.27. The number of ether oxygens (including phenoxy) is 2. The second-order valence-electron chi connectivity index (χ2n) is 2.94. The fourth-order valence-electron chi connectivity index (χ4n) is 1.00. The molecule has 0 aliphatic carbocycles. The molecule has 0 aromatic heterocycles. The highest BCUT2D eigenvalue weighted by molar-refractivity contribution is 5.70. The molecule has 1 aromatic rings. The van der Waals surface area contributed by atoms with Crippen LogP contribution in [0.2, 0.25) is 0 Å². The molecule has 1 N–H and O–H groups in total. The first-order valence-corrected chi connectivity index (χ1v) is 4.36. The molecule has 0 radical (unpaired) electrons. The zero-order chi connectivity index (χ0) is 11.3. The molecule has 5 heteroatoms. The summed E-state index contributed by atoms with van der Waals surface area (Å²) < 4.78 is 9.51. The average molecular weight is 210 g/mol. The lowest BCUT2D eigenvalue weighted by Crippen LogP contribution is -2.56. The van der Waals surface area contributed by atoms with Crippen molar-refractivity contribution >= 4 is 11.7 Å². The summed E-state index contributed by atoms with van der Waals surface area (Å²) in [5.41, 5.74) is 1.24. The fraction of sp³-hybridized carbons (Fsp3) is 0.300. The van der Waals surface area contributed by atoms with Gasteiger partial charge in [-0.15, -0.1) is 0 Å². The second-order valence-corrected chi connectivity index (χ2v) is 2.94. The standard InChI is InChI=1S/C10H11NO4/c1-7-3-4-8(5-9(7)11-13)15-6-10(12)14-2/h3-5H,6H2,1-2H3/p+1. The van der Waals surface area contributed by atoms with E-state index in [1.165, 1.54) is 13.2 Å². The summed E-state index contributed by atoms with van der Waals surface area (Å²) in [6.07, 6.45) is 0. The van der Waals surface area contributed by atoms with Crippen LogP contribution < -0.4 is 9.91 Å². The summed E-state index contributed by atoms with van der Waals surface area (Å²) in [6, 6.07) is 4.94. The zero-order valence-electron chi connectivity index (χ0n) is 8.57. The molecule has 1 aromatic carbocycles. The minimum atomic E-state index is -0.466. The number of nitrogens with one attached hydrogen (secondary N) is 1. The number of benzene rings is 1. The van der Waals surface area contributed by atoms with Crippen LogP contribution in [0.5, 0.6) is 5.75 Å². The van der Waals surface area contributed by atoms with Crippen LogP contribution in [0.15, 0.2) is 18.2 Å². The van der Waals surface area contributed by atoms with Crippen molar-refractivity contribution in [2.45, 2.75) is 6.92 Å². The van der Waals surface area contributed by atoms with Gasteiger partial charge in [0.05, 0.1) is 13.2 Å². The van der Waals surface area contributed by atoms with E-state index < -0.39 is 5.97 Å². The number of hydrogen-bond donors (Lipinski definition) is 1. The number of rotatable bonds is 4. The first-order valence-electron chi connectivity index (χ1n) is 4.36. The van der Waals surface area contributed by atoms with Crippen molar-refractivity contribution in [2.24, 2.45) is 0 Å². The predicted octanol–water partition coefficient (Wildman–Crippen LogP) is 0.0253. The topological polar surface area (TPSA) is 66.6 Å². The highest BCUT2D eigenvalue weighted by Crippen LogP contribution is 2.17. The summed E-state index contributed by atoms with van der Waals surface area (Å²) >= 11 is 0. The van der Waals surface area contributed by atoms with E-state index in [2.05, 4.69) is 4.74 Å². The van der Waals surface area contributed by atoms with E-state index in [4.69, 9.17) is 4.74 Å². The van der Waals surface area contributed by atoms with Gasteiger partial charge in [0.1, 0.15) is 5.75 Å². The minimum Gasteiger partial charge on any atom is -0.482 e. The first-order chi connectivity index (χ1) is 7.17. The van der Waals surface area contributed by atoms with Crippen LogP contribution in [0.4, 0.5) is 5.69 Å². The van der Waals surface area contributed by atoms with Crippen molar-refractivity contribution in [3.63, 3.8) is 0 Å². The molecule has 0 fully saturated rings. The van der Waals surface area contributed by atoms with Crippen LogP contribution in [-0.2, 0) is 9.53 Å². The van der Waals surface area contributed by atoms with Crippen LogP contribution in [0.3, 0.4) is 0 Å². The fourth-order valence-corrected chi connectivity index (χ4v) is 1.00. The number of carbonyl (C=O) groups is 1. The number of carbonyl (C=O) groups excluding carboxylic acids is 1. The smallest absolute Gasteiger partial charge is 0.343 e. The van der Waals surface area contributed by atoms with Gasteiger partial charge in [0.25, 0.3) is 5.69 Å². The Bertz CT molecular complexity index is 376. The third-order valence-electron chi connectivity index (χ3n) is 1.90. The first kappa shape index (κ1) is 11.2. The Morgan fingerprint density at radius 1 is 1.47 bits per heavy atom. The molecule has 1 rings (SSSR count). The van der Waals surface area contributed by atoms with Crippen LogP contribution >= 0.6 is 0 Å². The van der Waals surface area contributed by atoms with Crippen LogP contribution in [-0.4, -0.2) is 19.7 Å². The highest BCUT2D eigenvalue weighted by Gasteiger charge is 2.08. The van der Waals surface area contributed by atoms with Crippen LogP contribution in [0, 0.1) is 11.8 Å². The lowest BCUT2D eigenvalue weighted by atomic mass is 10.2. The molecule has 0 saturated carbocycles. The minimum absolute atomic E-state index is 0.169. The molecule has 0 spiro atoms. The maximum absolute atomic E-state index is 10.8. The van der Waals surface area contributed by atoms with E-state index in [9.17, 15) is 9.70 Å². The van der Waals surface area contributed by atoms with Crippen molar-refractivity contribution in [2.75, 3.05) is 13.7 Å². The largest absolute Gasteiger partial charge is 0.482 e. The van der Waals surface area contributed by atoms with Crippen molar-refractivity contribution in [3.8, 4) is 5.75 Å². The molecule has 0 amide bonds. The Labute approximate surface area is 87.0 Å². The van der Waals surface area contributed by atoms with Crippen molar-refractivity contribution < 1.29 is 19.4 Å². The van der Waals surface area contributed by atoms with Crippen molar-refractivity contribution in [1.82, 2.24) is 0 Å². The van der Waals surface area contributed by atoms with E-state index in [1.807, 2.05) is 0 Å². The molecule has 0 saturated heterocycles. The molecule has 0 aliphatic heterocycles. The molecular weight excluding hydrogens is 198 g/mol. The Morgan fingerprint density at radius 3 is 2.80 bits per heavy atom. The molecular formula is C10H12NO4+.